The lowest BCUT2D eigenvalue weighted by molar-refractivity contribution is 0.144. The van der Waals surface area contributed by atoms with E-state index in [0.717, 1.165) is 24.8 Å². The van der Waals surface area contributed by atoms with Gasteiger partial charge in [0.05, 0.1) is 17.7 Å². The molecule has 0 spiro atoms. The second-order valence-electron chi connectivity index (χ2n) is 4.73. The molecule has 3 heteroatoms. The molecular weight excluding hydrogens is 212 g/mol. The maximum Gasteiger partial charge on any atom is 0.0991 e. The van der Waals surface area contributed by atoms with Crippen LogP contribution in [0.25, 0.3) is 0 Å². The van der Waals surface area contributed by atoms with Crippen LogP contribution in [0.15, 0.2) is 24.3 Å². The van der Waals surface area contributed by atoms with Gasteiger partial charge in [-0.05, 0) is 43.9 Å². The molecule has 1 unspecified atom stereocenters. The normalized spacial score (nSPS) is 25.5. The summed E-state index contributed by atoms with van der Waals surface area (Å²) in [7, 11) is 0. The molecule has 0 saturated heterocycles. The fraction of sp³-hybridized carbons (Fsp3) is 0.500. The van der Waals surface area contributed by atoms with Gasteiger partial charge in [0.1, 0.15) is 0 Å². The molecule has 3 nitrogen and oxygen atoms in total. The monoisotopic (exact) mass is 230 g/mol. The standard InChI is InChI=1S/C14H18N2O/c1-10(16-13-3-2-4-14(13)17)12-7-5-11(9-15)6-8-12/h5-8,10,13-14,16-17H,2-4H2,1H3/t10?,13-,14-/m1/s1. The van der Waals surface area contributed by atoms with E-state index in [0.29, 0.717) is 5.56 Å². The zero-order chi connectivity index (χ0) is 12.3. The first kappa shape index (κ1) is 12.1. The van der Waals surface area contributed by atoms with Crippen molar-refractivity contribution in [3.05, 3.63) is 35.4 Å². The lowest BCUT2D eigenvalue weighted by atomic mass is 10.0. The van der Waals surface area contributed by atoms with E-state index in [1.54, 1.807) is 0 Å². The molecule has 1 fully saturated rings. The van der Waals surface area contributed by atoms with Gasteiger partial charge >= 0.3 is 0 Å². The fourth-order valence-electron chi connectivity index (χ4n) is 2.40. The second kappa shape index (κ2) is 5.31. The van der Waals surface area contributed by atoms with E-state index >= 15 is 0 Å². The molecule has 90 valence electrons. The molecule has 0 bridgehead atoms. The van der Waals surface area contributed by atoms with Gasteiger partial charge in [0.25, 0.3) is 0 Å². The largest absolute Gasteiger partial charge is 0.392 e. The van der Waals surface area contributed by atoms with Gasteiger partial charge in [0.2, 0.25) is 0 Å². The van der Waals surface area contributed by atoms with Crippen molar-refractivity contribution in [3.63, 3.8) is 0 Å². The summed E-state index contributed by atoms with van der Waals surface area (Å²) < 4.78 is 0. The molecule has 0 heterocycles. The first-order valence-corrected chi connectivity index (χ1v) is 6.15. The van der Waals surface area contributed by atoms with Crippen LogP contribution in [0.5, 0.6) is 0 Å². The Balaban J connectivity index is 1.99. The number of hydrogen-bond donors (Lipinski definition) is 2. The van der Waals surface area contributed by atoms with Gasteiger partial charge in [-0.1, -0.05) is 12.1 Å². The van der Waals surface area contributed by atoms with E-state index in [1.807, 2.05) is 24.3 Å². The summed E-state index contributed by atoms with van der Waals surface area (Å²) >= 11 is 0. The van der Waals surface area contributed by atoms with Crippen molar-refractivity contribution in [2.45, 2.75) is 44.4 Å². The average Bonchev–Trinajstić information content (AvgIpc) is 2.75. The van der Waals surface area contributed by atoms with Crippen molar-refractivity contribution in [3.8, 4) is 6.07 Å². The van der Waals surface area contributed by atoms with Gasteiger partial charge in [0, 0.05) is 12.1 Å². The van der Waals surface area contributed by atoms with E-state index in [9.17, 15) is 5.11 Å². The Bertz CT molecular complexity index is 407. The van der Waals surface area contributed by atoms with Crippen LogP contribution in [0.2, 0.25) is 0 Å². The Morgan fingerprint density at radius 1 is 1.35 bits per heavy atom. The van der Waals surface area contributed by atoms with Gasteiger partial charge in [0.15, 0.2) is 0 Å². The number of nitrogens with zero attached hydrogens (tertiary/aromatic N) is 1. The smallest absolute Gasteiger partial charge is 0.0991 e. The van der Waals surface area contributed by atoms with Crippen LogP contribution in [-0.2, 0) is 0 Å². The molecule has 17 heavy (non-hydrogen) atoms. The summed E-state index contributed by atoms with van der Waals surface area (Å²) in [5.41, 5.74) is 1.84. The number of nitriles is 1. The summed E-state index contributed by atoms with van der Waals surface area (Å²) in [6.07, 6.45) is 2.83. The highest BCUT2D eigenvalue weighted by Gasteiger charge is 2.26. The Labute approximate surface area is 102 Å². The quantitative estimate of drug-likeness (QED) is 0.836. The van der Waals surface area contributed by atoms with E-state index in [-0.39, 0.29) is 18.2 Å². The number of benzene rings is 1. The first-order chi connectivity index (χ1) is 8.20. The number of hydrogen-bond acceptors (Lipinski definition) is 3. The molecule has 1 aromatic carbocycles. The second-order valence-corrected chi connectivity index (χ2v) is 4.73. The molecule has 1 saturated carbocycles. The SMILES string of the molecule is CC(N[C@@H]1CCC[C@H]1O)c1ccc(C#N)cc1. The van der Waals surface area contributed by atoms with E-state index in [1.165, 1.54) is 0 Å². The predicted molar refractivity (Wildman–Crippen MR) is 66.4 cm³/mol. The van der Waals surface area contributed by atoms with Crippen LogP contribution >= 0.6 is 0 Å². The molecule has 1 aliphatic carbocycles. The molecule has 0 aliphatic heterocycles. The molecule has 0 aromatic heterocycles. The molecule has 0 radical (unpaired) electrons. The zero-order valence-electron chi connectivity index (χ0n) is 10.1. The third-order valence-electron chi connectivity index (χ3n) is 3.48. The minimum Gasteiger partial charge on any atom is -0.392 e. The molecule has 2 N–H and O–H groups in total. The van der Waals surface area contributed by atoms with Gasteiger partial charge in [-0.15, -0.1) is 0 Å². The predicted octanol–water partition coefficient (Wildman–Crippen LogP) is 2.12. The summed E-state index contributed by atoms with van der Waals surface area (Å²) in [5.74, 6) is 0. The molecule has 3 atom stereocenters. The highest BCUT2D eigenvalue weighted by Crippen LogP contribution is 2.22. The number of nitrogens with one attached hydrogen (secondary N) is 1. The Morgan fingerprint density at radius 3 is 2.59 bits per heavy atom. The van der Waals surface area contributed by atoms with E-state index < -0.39 is 0 Å². The van der Waals surface area contributed by atoms with Crippen molar-refractivity contribution in [2.75, 3.05) is 0 Å². The van der Waals surface area contributed by atoms with Gasteiger partial charge in [-0.2, -0.15) is 5.26 Å². The van der Waals surface area contributed by atoms with Crippen LogP contribution in [0, 0.1) is 11.3 Å². The summed E-state index contributed by atoms with van der Waals surface area (Å²) in [6.45, 7) is 2.09. The highest BCUT2D eigenvalue weighted by molar-refractivity contribution is 5.32. The number of aliphatic hydroxyl groups excluding tert-OH is 1. The maximum absolute atomic E-state index is 9.76. The van der Waals surface area contributed by atoms with E-state index in [4.69, 9.17) is 5.26 Å². The van der Waals surface area contributed by atoms with Crippen LogP contribution in [0.1, 0.15) is 43.4 Å². The number of rotatable bonds is 3. The lowest BCUT2D eigenvalue weighted by Gasteiger charge is -2.22. The summed E-state index contributed by atoms with van der Waals surface area (Å²) in [6, 6.07) is 10.1. The third kappa shape index (κ3) is 2.85. The van der Waals surface area contributed by atoms with E-state index in [2.05, 4.69) is 18.3 Å². The topological polar surface area (TPSA) is 56.0 Å². The van der Waals surface area contributed by atoms with Crippen LogP contribution < -0.4 is 5.32 Å². The number of aliphatic hydroxyl groups is 1. The minimum absolute atomic E-state index is 0.209. The van der Waals surface area contributed by atoms with Crippen LogP contribution in [0.3, 0.4) is 0 Å². The van der Waals surface area contributed by atoms with Crippen LogP contribution in [-0.4, -0.2) is 17.3 Å². The third-order valence-corrected chi connectivity index (χ3v) is 3.48. The zero-order valence-corrected chi connectivity index (χ0v) is 10.1. The molecule has 0 amide bonds. The van der Waals surface area contributed by atoms with Crippen molar-refractivity contribution in [2.24, 2.45) is 0 Å². The molecule has 1 aliphatic rings. The highest BCUT2D eigenvalue weighted by atomic mass is 16.3. The Kier molecular flexibility index (Phi) is 3.78. The van der Waals surface area contributed by atoms with Crippen LogP contribution in [0.4, 0.5) is 0 Å². The summed E-state index contributed by atoms with van der Waals surface area (Å²) in [5, 5.41) is 21.9. The lowest BCUT2D eigenvalue weighted by Crippen LogP contribution is -2.37. The van der Waals surface area contributed by atoms with Gasteiger partial charge < -0.3 is 10.4 Å². The fourth-order valence-corrected chi connectivity index (χ4v) is 2.40. The van der Waals surface area contributed by atoms with Crippen molar-refractivity contribution < 1.29 is 5.11 Å². The average molecular weight is 230 g/mol. The molecule has 2 rings (SSSR count). The maximum atomic E-state index is 9.76. The minimum atomic E-state index is -0.212. The van der Waals surface area contributed by atoms with Crippen molar-refractivity contribution in [1.82, 2.24) is 5.32 Å². The molecule has 1 aromatic rings. The van der Waals surface area contributed by atoms with Crippen molar-refractivity contribution in [1.29, 1.82) is 5.26 Å². The molecular formula is C14H18N2O. The Morgan fingerprint density at radius 2 is 2.06 bits per heavy atom. The first-order valence-electron chi connectivity index (χ1n) is 6.15. The van der Waals surface area contributed by atoms with Gasteiger partial charge in [-0.3, -0.25) is 0 Å². The summed E-state index contributed by atoms with van der Waals surface area (Å²) in [4.78, 5) is 0. The van der Waals surface area contributed by atoms with Crippen molar-refractivity contribution >= 4 is 0 Å². The Hall–Kier alpha value is -1.37. The van der Waals surface area contributed by atoms with Gasteiger partial charge in [-0.25, -0.2) is 0 Å².